The van der Waals surface area contributed by atoms with Crippen molar-refractivity contribution in [3.63, 3.8) is 0 Å². The first-order chi connectivity index (χ1) is 14.9. The van der Waals surface area contributed by atoms with E-state index < -0.39 is 24.5 Å². The van der Waals surface area contributed by atoms with Gasteiger partial charge in [0.1, 0.15) is 12.4 Å². The van der Waals surface area contributed by atoms with Crippen LogP contribution in [0.5, 0.6) is 11.5 Å². The van der Waals surface area contributed by atoms with Crippen molar-refractivity contribution in [2.45, 2.75) is 20.5 Å². The van der Waals surface area contributed by atoms with E-state index in [1.165, 1.54) is 19.3 Å². The Kier molecular flexibility index (Phi) is 6.91. The molecular weight excluding hydrogens is 406 g/mol. The minimum absolute atomic E-state index is 0.259. The van der Waals surface area contributed by atoms with Gasteiger partial charge in [-0.25, -0.2) is 9.59 Å². The van der Waals surface area contributed by atoms with Crippen LogP contribution in [0.4, 0.5) is 4.79 Å². The number of imide groups is 1. The Morgan fingerprint density at radius 2 is 2.10 bits per heavy atom. The van der Waals surface area contributed by atoms with Gasteiger partial charge in [0.25, 0.3) is 5.91 Å². The van der Waals surface area contributed by atoms with Crippen LogP contribution in [-0.2, 0) is 20.9 Å². The number of aromatic nitrogens is 1. The number of hydrogen-bond acceptors (Lipinski definition) is 8. The third-order valence-electron chi connectivity index (χ3n) is 4.65. The zero-order valence-electron chi connectivity index (χ0n) is 17.5. The largest absolute Gasteiger partial charge is 0.493 e. The van der Waals surface area contributed by atoms with Gasteiger partial charge in [0.15, 0.2) is 18.1 Å². The minimum Gasteiger partial charge on any atom is -0.493 e. The zero-order valence-corrected chi connectivity index (χ0v) is 17.5. The van der Waals surface area contributed by atoms with Gasteiger partial charge < -0.3 is 24.1 Å². The van der Waals surface area contributed by atoms with Crippen LogP contribution in [0, 0.1) is 13.8 Å². The molecular formula is C21H23N3O7. The Balaban J connectivity index is 1.56. The second-order valence-electron chi connectivity index (χ2n) is 6.72. The highest BCUT2D eigenvalue weighted by atomic mass is 16.5. The molecule has 1 aromatic carbocycles. The van der Waals surface area contributed by atoms with Crippen LogP contribution in [0.1, 0.15) is 22.6 Å². The van der Waals surface area contributed by atoms with Gasteiger partial charge in [0, 0.05) is 19.2 Å². The molecule has 0 spiro atoms. The molecule has 1 aromatic heterocycles. The molecule has 0 radical (unpaired) electrons. The highest BCUT2D eigenvalue weighted by Crippen LogP contribution is 2.30. The van der Waals surface area contributed by atoms with Gasteiger partial charge in [0.2, 0.25) is 0 Å². The van der Waals surface area contributed by atoms with Crippen LogP contribution < -0.4 is 14.8 Å². The maximum atomic E-state index is 11.9. The number of nitrogens with one attached hydrogen (secondary N) is 1. The van der Waals surface area contributed by atoms with Crippen molar-refractivity contribution >= 4 is 24.0 Å². The van der Waals surface area contributed by atoms with Gasteiger partial charge in [-0.3, -0.25) is 9.69 Å². The van der Waals surface area contributed by atoms with Crippen molar-refractivity contribution in [1.82, 2.24) is 15.4 Å². The van der Waals surface area contributed by atoms with Crippen molar-refractivity contribution in [1.29, 1.82) is 0 Å². The monoisotopic (exact) mass is 429 g/mol. The highest BCUT2D eigenvalue weighted by molar-refractivity contribution is 5.97. The van der Waals surface area contributed by atoms with Crippen LogP contribution in [0.2, 0.25) is 0 Å². The fraction of sp³-hybridized carbons (Fsp3) is 0.333. The number of carbonyl (C=O) groups is 3. The number of methoxy groups -OCH3 is 1. The highest BCUT2D eigenvalue weighted by Gasteiger charge is 2.26. The quantitative estimate of drug-likeness (QED) is 0.500. The van der Waals surface area contributed by atoms with E-state index in [-0.39, 0.29) is 13.2 Å². The number of rotatable bonds is 8. The van der Waals surface area contributed by atoms with Crippen molar-refractivity contribution in [3.05, 3.63) is 46.9 Å². The Morgan fingerprint density at radius 1 is 1.29 bits per heavy atom. The molecule has 0 aliphatic carbocycles. The summed E-state index contributed by atoms with van der Waals surface area (Å²) < 4.78 is 21.2. The lowest BCUT2D eigenvalue weighted by Gasteiger charge is -2.11. The number of urea groups is 1. The summed E-state index contributed by atoms with van der Waals surface area (Å²) in [6.45, 7) is 4.08. The molecule has 0 atom stereocenters. The molecule has 0 saturated carbocycles. The van der Waals surface area contributed by atoms with Crippen molar-refractivity contribution in [2.75, 3.05) is 26.8 Å². The topological polar surface area (TPSA) is 120 Å². The Labute approximate surface area is 178 Å². The second-order valence-corrected chi connectivity index (χ2v) is 6.72. The van der Waals surface area contributed by atoms with Crippen LogP contribution >= 0.6 is 0 Å². The van der Waals surface area contributed by atoms with Crippen molar-refractivity contribution in [2.24, 2.45) is 0 Å². The number of esters is 1. The zero-order chi connectivity index (χ0) is 22.4. The van der Waals surface area contributed by atoms with E-state index in [9.17, 15) is 14.4 Å². The Bertz CT molecular complexity index is 993. The number of amides is 3. The van der Waals surface area contributed by atoms with Gasteiger partial charge in [-0.2, -0.15) is 0 Å². The number of ether oxygens (including phenoxy) is 3. The first-order valence-corrected chi connectivity index (χ1v) is 9.54. The van der Waals surface area contributed by atoms with Gasteiger partial charge in [-0.05, 0) is 37.6 Å². The molecule has 2 aromatic rings. The summed E-state index contributed by atoms with van der Waals surface area (Å²) in [4.78, 5) is 36.2. The maximum absolute atomic E-state index is 11.9. The summed E-state index contributed by atoms with van der Waals surface area (Å²) in [6.07, 6.45) is 2.71. The summed E-state index contributed by atoms with van der Waals surface area (Å²) in [6, 6.07) is 4.68. The molecule has 1 aliphatic rings. The number of nitrogens with zero attached hydrogens (tertiary/aromatic N) is 2. The van der Waals surface area contributed by atoms with E-state index >= 15 is 0 Å². The molecule has 2 heterocycles. The van der Waals surface area contributed by atoms with Gasteiger partial charge in [0.05, 0.1) is 18.4 Å². The van der Waals surface area contributed by atoms with Crippen molar-refractivity contribution < 1.29 is 33.1 Å². The van der Waals surface area contributed by atoms with Crippen LogP contribution in [-0.4, -0.2) is 54.8 Å². The third kappa shape index (κ3) is 5.41. The molecule has 10 nitrogen and oxygen atoms in total. The number of benzene rings is 1. The summed E-state index contributed by atoms with van der Waals surface area (Å²) >= 11 is 0. The fourth-order valence-corrected chi connectivity index (χ4v) is 2.90. The molecule has 3 rings (SSSR count). The lowest BCUT2D eigenvalue weighted by molar-refractivity contribution is -0.146. The average molecular weight is 429 g/mol. The molecule has 3 amide bonds. The van der Waals surface area contributed by atoms with Crippen LogP contribution in [0.25, 0.3) is 6.08 Å². The molecule has 164 valence electrons. The average Bonchev–Trinajstić information content (AvgIpc) is 3.34. The molecule has 1 N–H and O–H groups in total. The van der Waals surface area contributed by atoms with E-state index in [1.807, 2.05) is 13.8 Å². The smallest absolute Gasteiger partial charge is 0.331 e. The molecule has 0 bridgehead atoms. The molecule has 1 fully saturated rings. The first kappa shape index (κ1) is 21.9. The van der Waals surface area contributed by atoms with E-state index in [4.69, 9.17) is 18.7 Å². The van der Waals surface area contributed by atoms with E-state index in [0.29, 0.717) is 29.4 Å². The molecule has 0 unspecified atom stereocenters. The SMILES string of the molecule is COc1cc(/C=C\C(=O)OCC(=O)N2CCNC2=O)ccc1OCc1c(C)noc1C. The lowest BCUT2D eigenvalue weighted by atomic mass is 10.2. The van der Waals surface area contributed by atoms with Gasteiger partial charge in [-0.15, -0.1) is 0 Å². The summed E-state index contributed by atoms with van der Waals surface area (Å²) in [7, 11) is 1.51. The summed E-state index contributed by atoms with van der Waals surface area (Å²) in [5, 5.41) is 6.40. The fourth-order valence-electron chi connectivity index (χ4n) is 2.90. The molecule has 1 saturated heterocycles. The third-order valence-corrected chi connectivity index (χ3v) is 4.65. The van der Waals surface area contributed by atoms with Crippen molar-refractivity contribution in [3.8, 4) is 11.5 Å². The Hall–Kier alpha value is -3.82. The van der Waals surface area contributed by atoms with E-state index in [1.54, 1.807) is 18.2 Å². The number of hydrogen-bond donors (Lipinski definition) is 1. The maximum Gasteiger partial charge on any atom is 0.331 e. The predicted octanol–water partition coefficient (Wildman–Crippen LogP) is 1.99. The standard InChI is InChI=1S/C21H23N3O7/c1-13-16(14(2)31-23-13)11-29-17-6-4-15(10-18(17)28-3)5-7-20(26)30-12-19(25)24-9-8-22-21(24)27/h4-7,10H,8-9,11-12H2,1-3H3,(H,22,27)/b7-5-. The lowest BCUT2D eigenvalue weighted by Crippen LogP contribution is -2.37. The molecule has 10 heteroatoms. The minimum atomic E-state index is -0.703. The van der Waals surface area contributed by atoms with Gasteiger partial charge in [-0.1, -0.05) is 11.2 Å². The van der Waals surface area contributed by atoms with E-state index in [2.05, 4.69) is 10.5 Å². The van der Waals surface area contributed by atoms with Gasteiger partial charge >= 0.3 is 12.0 Å². The number of carbonyl (C=O) groups excluding carboxylic acids is 3. The molecule has 31 heavy (non-hydrogen) atoms. The normalized spacial score (nSPS) is 13.4. The number of aryl methyl sites for hydroxylation is 2. The Morgan fingerprint density at radius 3 is 2.74 bits per heavy atom. The first-order valence-electron chi connectivity index (χ1n) is 9.54. The summed E-state index contributed by atoms with van der Waals surface area (Å²) in [5.41, 5.74) is 2.30. The van der Waals surface area contributed by atoms with Crippen LogP contribution in [0.3, 0.4) is 0 Å². The van der Waals surface area contributed by atoms with Crippen LogP contribution in [0.15, 0.2) is 28.8 Å². The summed E-state index contributed by atoms with van der Waals surface area (Å²) in [5.74, 6) is 0.427. The molecule has 1 aliphatic heterocycles. The van der Waals surface area contributed by atoms with E-state index in [0.717, 1.165) is 16.2 Å². The second kappa shape index (κ2) is 9.79. The predicted molar refractivity (Wildman–Crippen MR) is 108 cm³/mol.